The maximum atomic E-state index is 11.9. The van der Waals surface area contributed by atoms with E-state index < -0.39 is 10.0 Å². The van der Waals surface area contributed by atoms with Gasteiger partial charge in [-0.3, -0.25) is 4.90 Å². The molecule has 1 aromatic heterocycles. The molecule has 1 aliphatic rings. The van der Waals surface area contributed by atoms with E-state index in [1.807, 2.05) is 0 Å². The van der Waals surface area contributed by atoms with Crippen LogP contribution in [-0.4, -0.2) is 49.0 Å². The van der Waals surface area contributed by atoms with E-state index in [9.17, 15) is 8.42 Å². The first kappa shape index (κ1) is 14.6. The number of hydrogen-bond acceptors (Lipinski definition) is 5. The van der Waals surface area contributed by atoms with Crippen molar-refractivity contribution in [3.63, 3.8) is 0 Å². The third kappa shape index (κ3) is 4.10. The largest absolute Gasteiger partial charge is 0.299 e. The standard InChI is InChI=1S/C11H17ClN4O2S/c1-2-16(9-3-4-9)6-5-15-19(17,18)10-7-13-11(12)14-8-10/h7-9,15H,2-6H2,1H3. The first-order chi connectivity index (χ1) is 9.03. The van der Waals surface area contributed by atoms with Gasteiger partial charge in [0.15, 0.2) is 0 Å². The molecule has 19 heavy (non-hydrogen) atoms. The van der Waals surface area contributed by atoms with Crippen molar-refractivity contribution in [2.45, 2.75) is 30.7 Å². The SMILES string of the molecule is CCN(CCNS(=O)(=O)c1cnc(Cl)nc1)C1CC1. The molecule has 0 unspecified atom stereocenters. The zero-order valence-corrected chi connectivity index (χ0v) is 12.3. The maximum absolute atomic E-state index is 11.9. The summed E-state index contributed by atoms with van der Waals surface area (Å²) in [6.07, 6.45) is 4.84. The highest BCUT2D eigenvalue weighted by Crippen LogP contribution is 2.25. The van der Waals surface area contributed by atoms with Gasteiger partial charge in [-0.05, 0) is 31.0 Å². The monoisotopic (exact) mass is 304 g/mol. The first-order valence-electron chi connectivity index (χ1n) is 6.24. The van der Waals surface area contributed by atoms with Crippen LogP contribution < -0.4 is 4.72 Å². The van der Waals surface area contributed by atoms with Crippen LogP contribution in [0.15, 0.2) is 17.3 Å². The third-order valence-electron chi connectivity index (χ3n) is 3.07. The molecule has 0 amide bonds. The van der Waals surface area contributed by atoms with Crippen molar-refractivity contribution in [3.8, 4) is 0 Å². The summed E-state index contributed by atoms with van der Waals surface area (Å²) in [5, 5.41) is 0.0323. The van der Waals surface area contributed by atoms with Crippen LogP contribution in [0.4, 0.5) is 0 Å². The summed E-state index contributed by atoms with van der Waals surface area (Å²) < 4.78 is 26.4. The molecule has 0 saturated heterocycles. The number of nitrogens with zero attached hydrogens (tertiary/aromatic N) is 3. The molecular formula is C11H17ClN4O2S. The van der Waals surface area contributed by atoms with Gasteiger partial charge in [-0.1, -0.05) is 6.92 Å². The summed E-state index contributed by atoms with van der Waals surface area (Å²) in [7, 11) is -3.55. The Labute approximate surface area is 118 Å². The number of sulfonamides is 1. The highest BCUT2D eigenvalue weighted by Gasteiger charge is 2.27. The van der Waals surface area contributed by atoms with Crippen LogP contribution in [0.3, 0.4) is 0 Å². The lowest BCUT2D eigenvalue weighted by Crippen LogP contribution is -2.36. The predicted molar refractivity (Wildman–Crippen MR) is 72.5 cm³/mol. The molecule has 0 aliphatic heterocycles. The van der Waals surface area contributed by atoms with Gasteiger partial charge in [0.25, 0.3) is 0 Å². The summed E-state index contributed by atoms with van der Waals surface area (Å²) in [6.45, 7) is 4.13. The van der Waals surface area contributed by atoms with Gasteiger partial charge in [-0.15, -0.1) is 0 Å². The predicted octanol–water partition coefficient (Wildman–Crippen LogP) is 0.893. The molecule has 1 aliphatic carbocycles. The molecule has 6 nitrogen and oxygen atoms in total. The van der Waals surface area contributed by atoms with Gasteiger partial charge in [0.2, 0.25) is 15.3 Å². The second-order valence-electron chi connectivity index (χ2n) is 4.45. The van der Waals surface area contributed by atoms with Crippen LogP contribution >= 0.6 is 11.6 Å². The highest BCUT2D eigenvalue weighted by atomic mass is 35.5. The van der Waals surface area contributed by atoms with Crippen molar-refractivity contribution in [3.05, 3.63) is 17.7 Å². The Morgan fingerprint density at radius 1 is 1.42 bits per heavy atom. The van der Waals surface area contributed by atoms with Crippen molar-refractivity contribution in [2.75, 3.05) is 19.6 Å². The van der Waals surface area contributed by atoms with Crippen LogP contribution in [-0.2, 0) is 10.0 Å². The van der Waals surface area contributed by atoms with E-state index in [0.29, 0.717) is 12.6 Å². The molecule has 0 radical (unpaired) electrons. The van der Waals surface area contributed by atoms with Gasteiger partial charge in [-0.25, -0.2) is 23.1 Å². The lowest BCUT2D eigenvalue weighted by Gasteiger charge is -2.19. The fourth-order valence-electron chi connectivity index (χ4n) is 1.88. The van der Waals surface area contributed by atoms with Crippen molar-refractivity contribution < 1.29 is 8.42 Å². The molecule has 2 rings (SSSR count). The molecule has 0 aromatic carbocycles. The molecule has 1 N–H and O–H groups in total. The number of likely N-dealkylation sites (N-methyl/N-ethyl adjacent to an activating group) is 1. The lowest BCUT2D eigenvalue weighted by atomic mass is 10.4. The normalized spacial score (nSPS) is 15.9. The molecule has 106 valence electrons. The Bertz CT molecular complexity index is 516. The van der Waals surface area contributed by atoms with E-state index in [0.717, 1.165) is 13.1 Å². The minimum atomic E-state index is -3.55. The molecule has 1 saturated carbocycles. The first-order valence-corrected chi connectivity index (χ1v) is 8.10. The second kappa shape index (κ2) is 6.13. The summed E-state index contributed by atoms with van der Waals surface area (Å²) in [5.41, 5.74) is 0. The van der Waals surface area contributed by atoms with Gasteiger partial charge in [0, 0.05) is 19.1 Å². The van der Waals surface area contributed by atoms with E-state index >= 15 is 0 Å². The van der Waals surface area contributed by atoms with Crippen molar-refractivity contribution >= 4 is 21.6 Å². The molecular weight excluding hydrogens is 288 g/mol. The van der Waals surface area contributed by atoms with Crippen molar-refractivity contribution in [1.82, 2.24) is 19.6 Å². The van der Waals surface area contributed by atoms with Crippen molar-refractivity contribution in [2.24, 2.45) is 0 Å². The van der Waals surface area contributed by atoms with E-state index in [2.05, 4.69) is 26.5 Å². The Kier molecular flexibility index (Phi) is 4.72. The number of halogens is 1. The molecule has 8 heteroatoms. The lowest BCUT2D eigenvalue weighted by molar-refractivity contribution is 0.282. The number of aromatic nitrogens is 2. The number of rotatable bonds is 7. The van der Waals surface area contributed by atoms with E-state index in [4.69, 9.17) is 11.6 Å². The summed E-state index contributed by atoms with van der Waals surface area (Å²) in [4.78, 5) is 9.65. The van der Waals surface area contributed by atoms with Crippen molar-refractivity contribution in [1.29, 1.82) is 0 Å². The Morgan fingerprint density at radius 2 is 2.05 bits per heavy atom. The summed E-state index contributed by atoms with van der Waals surface area (Å²) in [6, 6.07) is 0.633. The molecule has 1 heterocycles. The van der Waals surface area contributed by atoms with Crippen LogP contribution in [0.2, 0.25) is 5.28 Å². The average Bonchev–Trinajstić information content (AvgIpc) is 3.19. The Morgan fingerprint density at radius 3 is 2.58 bits per heavy atom. The zero-order chi connectivity index (χ0) is 13.9. The zero-order valence-electron chi connectivity index (χ0n) is 10.7. The molecule has 1 aromatic rings. The third-order valence-corrected chi connectivity index (χ3v) is 4.68. The number of nitrogens with one attached hydrogen (secondary N) is 1. The topological polar surface area (TPSA) is 75.2 Å². The molecule has 0 bridgehead atoms. The average molecular weight is 305 g/mol. The van der Waals surface area contributed by atoms with E-state index in [1.165, 1.54) is 25.2 Å². The molecule has 0 atom stereocenters. The second-order valence-corrected chi connectivity index (χ2v) is 6.55. The van der Waals surface area contributed by atoms with Gasteiger partial charge in [0.05, 0.1) is 12.4 Å². The van der Waals surface area contributed by atoms with Gasteiger partial charge in [0.1, 0.15) is 4.90 Å². The number of hydrogen-bond donors (Lipinski definition) is 1. The van der Waals surface area contributed by atoms with Gasteiger partial charge < -0.3 is 0 Å². The fraction of sp³-hybridized carbons (Fsp3) is 0.636. The summed E-state index contributed by atoms with van der Waals surface area (Å²) in [5.74, 6) is 0. The van der Waals surface area contributed by atoms with Crippen LogP contribution in [0.5, 0.6) is 0 Å². The summed E-state index contributed by atoms with van der Waals surface area (Å²) >= 11 is 5.52. The fourth-order valence-corrected chi connectivity index (χ4v) is 2.89. The molecule has 1 fully saturated rings. The van der Waals surface area contributed by atoms with Crippen LogP contribution in [0.25, 0.3) is 0 Å². The van der Waals surface area contributed by atoms with Crippen LogP contribution in [0.1, 0.15) is 19.8 Å². The highest BCUT2D eigenvalue weighted by molar-refractivity contribution is 7.89. The Hall–Kier alpha value is -0.760. The van der Waals surface area contributed by atoms with Gasteiger partial charge in [-0.2, -0.15) is 0 Å². The van der Waals surface area contributed by atoms with Crippen LogP contribution in [0, 0.1) is 0 Å². The minimum Gasteiger partial charge on any atom is -0.299 e. The van der Waals surface area contributed by atoms with E-state index in [1.54, 1.807) is 0 Å². The smallest absolute Gasteiger partial charge is 0.243 e. The minimum absolute atomic E-state index is 0.0323. The molecule has 0 spiro atoms. The maximum Gasteiger partial charge on any atom is 0.243 e. The van der Waals surface area contributed by atoms with E-state index in [-0.39, 0.29) is 10.2 Å². The van der Waals surface area contributed by atoms with Gasteiger partial charge >= 0.3 is 0 Å². The Balaban J connectivity index is 1.88. The quantitative estimate of drug-likeness (QED) is 0.757.